The normalized spacial score (nSPS) is 27.7. The highest BCUT2D eigenvalue weighted by atomic mass is 32.3. The lowest BCUT2D eigenvalue weighted by Gasteiger charge is -2.33. The van der Waals surface area contributed by atoms with E-state index < -0.39 is 15.4 Å². The van der Waals surface area contributed by atoms with E-state index in [4.69, 9.17) is 18.4 Å². The van der Waals surface area contributed by atoms with Crippen LogP contribution in [0.3, 0.4) is 0 Å². The lowest BCUT2D eigenvalue weighted by atomic mass is 9.96. The zero-order chi connectivity index (χ0) is 18.8. The molecule has 10 heteroatoms. The lowest BCUT2D eigenvalue weighted by molar-refractivity contribution is -0.00588. The Hall–Kier alpha value is -1.43. The summed E-state index contributed by atoms with van der Waals surface area (Å²) in [7, 11) is -4.96. The molecule has 2 saturated heterocycles. The van der Waals surface area contributed by atoms with E-state index in [-0.39, 0.29) is 17.4 Å². The predicted octanol–water partition coefficient (Wildman–Crippen LogP) is 0.925. The first kappa shape index (κ1) is 18.9. The standard InChI is InChI=1S/C17H25N3O6S/c21-27(22,25-13-8-20-6-11-24-12-7-20)15-2-1-5-18-16(15)26-17(14-19-27)3-9-23-10-4-17/h1-2,5,14H,3-4,6-13H2,(H,21,22). The molecule has 1 spiro atoms. The third-order valence-corrected chi connectivity index (χ3v) is 7.16. The number of hydrogen-bond acceptors (Lipinski definition) is 7. The number of fused-ring (bicyclic) bond motifs is 1. The van der Waals surface area contributed by atoms with Gasteiger partial charge in [-0.2, -0.15) is 4.40 Å². The predicted molar refractivity (Wildman–Crippen MR) is 98.4 cm³/mol. The smallest absolute Gasteiger partial charge is 0.235 e. The van der Waals surface area contributed by atoms with E-state index in [1.54, 1.807) is 6.07 Å². The van der Waals surface area contributed by atoms with Crippen LogP contribution in [0.5, 0.6) is 5.88 Å². The second-order valence-corrected chi connectivity index (χ2v) is 9.37. The van der Waals surface area contributed by atoms with E-state index >= 15 is 0 Å². The van der Waals surface area contributed by atoms with Crippen molar-refractivity contribution in [1.29, 1.82) is 0 Å². The van der Waals surface area contributed by atoms with Crippen molar-refractivity contribution in [2.75, 3.05) is 52.7 Å². The minimum absolute atomic E-state index is 0.0314. The van der Waals surface area contributed by atoms with Crippen LogP contribution in [0.2, 0.25) is 0 Å². The van der Waals surface area contributed by atoms with Crippen LogP contribution in [0.1, 0.15) is 12.8 Å². The van der Waals surface area contributed by atoms with Crippen molar-refractivity contribution >= 4 is 16.0 Å². The van der Waals surface area contributed by atoms with Gasteiger partial charge in [0.25, 0.3) is 0 Å². The minimum Gasteiger partial charge on any atom is -0.464 e. The summed E-state index contributed by atoms with van der Waals surface area (Å²) in [6, 6.07) is 3.07. The Kier molecular flexibility index (Phi) is 5.04. The number of ether oxygens (including phenoxy) is 3. The molecule has 4 rings (SSSR count). The van der Waals surface area contributed by atoms with Crippen molar-refractivity contribution < 1.29 is 27.2 Å². The number of morpholine rings is 1. The van der Waals surface area contributed by atoms with Gasteiger partial charge >= 0.3 is 0 Å². The van der Waals surface area contributed by atoms with E-state index in [0.29, 0.717) is 45.8 Å². The number of aromatic nitrogens is 1. The number of pyridine rings is 1. The van der Waals surface area contributed by atoms with Crippen molar-refractivity contribution in [2.45, 2.75) is 23.3 Å². The first-order valence-electron chi connectivity index (χ1n) is 9.14. The molecule has 0 amide bonds. The second-order valence-electron chi connectivity index (χ2n) is 6.89. The number of nitrogens with zero attached hydrogens (tertiary/aromatic N) is 3. The molecule has 1 aromatic heterocycles. The molecule has 1 N–H and O–H groups in total. The van der Waals surface area contributed by atoms with Crippen LogP contribution in [0.25, 0.3) is 0 Å². The molecule has 9 nitrogen and oxygen atoms in total. The number of rotatable bonds is 4. The molecule has 1 aromatic rings. The van der Waals surface area contributed by atoms with Gasteiger partial charge in [-0.15, -0.1) is 0 Å². The average molecular weight is 399 g/mol. The van der Waals surface area contributed by atoms with Gasteiger partial charge in [-0.3, -0.25) is 13.6 Å². The Morgan fingerprint density at radius 2 is 1.96 bits per heavy atom. The Morgan fingerprint density at radius 1 is 1.22 bits per heavy atom. The SMILES string of the molecule is O=S1(O)(OCCN2CCOCC2)N=CC2(CCOCC2)Oc2ncccc21. The Balaban J connectivity index is 1.60. The molecule has 0 aromatic carbocycles. The van der Waals surface area contributed by atoms with Gasteiger partial charge in [0.05, 0.1) is 39.2 Å². The van der Waals surface area contributed by atoms with Crippen molar-refractivity contribution in [1.82, 2.24) is 9.88 Å². The van der Waals surface area contributed by atoms with Gasteiger partial charge in [0.1, 0.15) is 4.90 Å². The van der Waals surface area contributed by atoms with Crippen LogP contribution >= 0.6 is 0 Å². The van der Waals surface area contributed by atoms with Gasteiger partial charge < -0.3 is 14.2 Å². The molecule has 0 saturated carbocycles. The average Bonchev–Trinajstić information content (AvgIpc) is 2.78. The molecule has 3 aliphatic heterocycles. The van der Waals surface area contributed by atoms with Gasteiger partial charge in [-0.1, -0.05) is 0 Å². The van der Waals surface area contributed by atoms with E-state index in [1.165, 1.54) is 18.5 Å². The molecule has 0 atom stereocenters. The van der Waals surface area contributed by atoms with Crippen molar-refractivity contribution in [3.05, 3.63) is 18.3 Å². The molecular formula is C17H25N3O6S. The highest BCUT2D eigenvalue weighted by Crippen LogP contribution is 2.44. The van der Waals surface area contributed by atoms with E-state index in [0.717, 1.165) is 13.1 Å². The van der Waals surface area contributed by atoms with Gasteiger partial charge in [0, 0.05) is 38.7 Å². The van der Waals surface area contributed by atoms with Crippen LogP contribution in [0, 0.1) is 0 Å². The molecule has 0 unspecified atom stereocenters. The largest absolute Gasteiger partial charge is 0.464 e. The summed E-state index contributed by atoms with van der Waals surface area (Å²) >= 11 is 0. The Bertz CT molecular complexity index is 776. The van der Waals surface area contributed by atoms with E-state index in [1.807, 2.05) is 0 Å². The van der Waals surface area contributed by atoms with Gasteiger partial charge in [0.2, 0.25) is 15.7 Å². The molecule has 0 bridgehead atoms. The first-order chi connectivity index (χ1) is 13.0. The Morgan fingerprint density at radius 3 is 2.74 bits per heavy atom. The summed E-state index contributed by atoms with van der Waals surface area (Å²) in [4.78, 5) is 6.28. The fraction of sp³-hybridized carbons (Fsp3) is 0.647. The lowest BCUT2D eigenvalue weighted by Crippen LogP contribution is -2.43. The van der Waals surface area contributed by atoms with Crippen LogP contribution in [-0.4, -0.2) is 83.1 Å². The summed E-state index contributed by atoms with van der Waals surface area (Å²) in [5.74, 6) is 0.0859. The third kappa shape index (κ3) is 3.91. The Labute approximate surface area is 158 Å². The highest BCUT2D eigenvalue weighted by molar-refractivity contribution is 8.10. The summed E-state index contributed by atoms with van der Waals surface area (Å²) in [5.41, 5.74) is -0.809. The molecule has 3 aliphatic rings. The van der Waals surface area contributed by atoms with Crippen molar-refractivity contribution in [3.63, 3.8) is 0 Å². The molecular weight excluding hydrogens is 374 g/mol. The van der Waals surface area contributed by atoms with Crippen LogP contribution < -0.4 is 4.74 Å². The summed E-state index contributed by atoms with van der Waals surface area (Å²) in [5, 5.41) is 0. The van der Waals surface area contributed by atoms with Gasteiger partial charge in [0.15, 0.2) is 5.60 Å². The van der Waals surface area contributed by atoms with Gasteiger partial charge in [-0.25, -0.2) is 9.19 Å². The topological polar surface area (TPSA) is 103 Å². The molecule has 0 aliphatic carbocycles. The second kappa shape index (κ2) is 7.19. The van der Waals surface area contributed by atoms with E-state index in [2.05, 4.69) is 14.3 Å². The highest BCUT2D eigenvalue weighted by Gasteiger charge is 2.46. The van der Waals surface area contributed by atoms with Crippen LogP contribution in [0.15, 0.2) is 27.6 Å². The molecule has 0 radical (unpaired) electrons. The van der Waals surface area contributed by atoms with Gasteiger partial charge in [-0.05, 0) is 12.1 Å². The summed E-state index contributed by atoms with van der Waals surface area (Å²) in [6.45, 7) is 4.41. The molecule has 4 heterocycles. The maximum absolute atomic E-state index is 13.7. The zero-order valence-electron chi connectivity index (χ0n) is 15.1. The maximum atomic E-state index is 13.7. The number of hydrogen-bond donors (Lipinski definition) is 1. The zero-order valence-corrected chi connectivity index (χ0v) is 15.9. The summed E-state index contributed by atoms with van der Waals surface area (Å²) < 4.78 is 51.2. The van der Waals surface area contributed by atoms with Crippen molar-refractivity contribution in [3.8, 4) is 5.88 Å². The monoisotopic (exact) mass is 399 g/mol. The quantitative estimate of drug-likeness (QED) is 0.798. The minimum atomic E-state index is -4.96. The van der Waals surface area contributed by atoms with Crippen LogP contribution in [0.4, 0.5) is 0 Å². The molecule has 2 fully saturated rings. The molecule has 150 valence electrons. The fourth-order valence-electron chi connectivity index (χ4n) is 3.37. The van der Waals surface area contributed by atoms with Crippen LogP contribution in [-0.2, 0) is 23.5 Å². The van der Waals surface area contributed by atoms with Crippen molar-refractivity contribution in [2.24, 2.45) is 4.40 Å². The molecule has 27 heavy (non-hydrogen) atoms. The fourth-order valence-corrected chi connectivity index (χ4v) is 5.13. The summed E-state index contributed by atoms with van der Waals surface area (Å²) in [6.07, 6.45) is 4.01. The first-order valence-corrected chi connectivity index (χ1v) is 10.9. The third-order valence-electron chi connectivity index (χ3n) is 5.03. The maximum Gasteiger partial charge on any atom is 0.235 e. The van der Waals surface area contributed by atoms with E-state index in [9.17, 15) is 8.76 Å².